The van der Waals surface area contributed by atoms with Crippen LogP contribution in [0.2, 0.25) is 0 Å². The quantitative estimate of drug-likeness (QED) is 0.151. The number of hydrogen-bond acceptors (Lipinski definition) is 7. The zero-order valence-corrected chi connectivity index (χ0v) is 23.7. The zero-order valence-electron chi connectivity index (χ0n) is 23.7. The number of aryl methyl sites for hydroxylation is 1. The van der Waals surface area contributed by atoms with Crippen molar-refractivity contribution in [2.45, 2.75) is 19.9 Å². The van der Waals surface area contributed by atoms with Crippen molar-refractivity contribution in [2.75, 3.05) is 56.4 Å². The van der Waals surface area contributed by atoms with Gasteiger partial charge in [-0.05, 0) is 68.7 Å². The van der Waals surface area contributed by atoms with Gasteiger partial charge in [-0.2, -0.15) is 0 Å². The molecule has 0 saturated carbocycles. The third-order valence-corrected chi connectivity index (χ3v) is 6.54. The summed E-state index contributed by atoms with van der Waals surface area (Å²) in [5.41, 5.74) is 13.2. The molecule has 1 heterocycles. The SMILES string of the molecule is C=CC(=C)Nc1cc(NC/N=C(\C=C/N=C)n2cc(CN)c3ccccc32)c(CC)cc1N(C)CCN(C)C. The first-order chi connectivity index (χ1) is 18.8. The summed E-state index contributed by atoms with van der Waals surface area (Å²) in [6.45, 7) is 16.3. The van der Waals surface area contributed by atoms with Crippen molar-refractivity contribution >= 4 is 40.5 Å². The first kappa shape index (κ1) is 29.4. The van der Waals surface area contributed by atoms with E-state index in [2.05, 4.69) is 97.6 Å². The van der Waals surface area contributed by atoms with E-state index < -0.39 is 0 Å². The molecule has 39 heavy (non-hydrogen) atoms. The fraction of sp³-hybridized carbons (Fsp3) is 0.290. The average Bonchev–Trinajstić information content (AvgIpc) is 3.32. The van der Waals surface area contributed by atoms with Crippen LogP contribution >= 0.6 is 0 Å². The first-order valence-electron chi connectivity index (χ1n) is 13.1. The molecule has 0 unspecified atom stereocenters. The lowest BCUT2D eigenvalue weighted by Crippen LogP contribution is -2.29. The van der Waals surface area contributed by atoms with Crippen LogP contribution in [0.1, 0.15) is 18.1 Å². The Hall–Kier alpha value is -4.14. The zero-order chi connectivity index (χ0) is 28.4. The van der Waals surface area contributed by atoms with Gasteiger partial charge in [-0.15, -0.1) is 0 Å². The number of nitrogens with zero attached hydrogens (tertiary/aromatic N) is 5. The topological polar surface area (TPSA) is 86.2 Å². The Labute approximate surface area is 232 Å². The molecular weight excluding hydrogens is 484 g/mol. The number of anilines is 3. The molecule has 0 aliphatic rings. The third kappa shape index (κ3) is 7.46. The molecule has 0 fully saturated rings. The standard InChI is InChI=1S/C31H42N8/c1-8-23(3)36-28-19-27(24(9-2)18-30(28)38(7)17-16-37(5)6)34-22-35-31(14-15-33-4)39-21-25(20-32)26-12-10-11-13-29(26)39/h8,10-15,18-19,21,34,36H,1,3-4,9,16-17,20,22,32H2,2,5-7H3/b15-14-,35-31+. The summed E-state index contributed by atoms with van der Waals surface area (Å²) in [5.74, 6) is 0.738. The van der Waals surface area contributed by atoms with Crippen molar-refractivity contribution in [1.29, 1.82) is 0 Å². The molecule has 8 nitrogen and oxygen atoms in total. The maximum atomic E-state index is 6.03. The maximum absolute atomic E-state index is 6.03. The van der Waals surface area contributed by atoms with Crippen molar-refractivity contribution in [3.05, 3.63) is 90.9 Å². The molecular formula is C31H42N8. The molecule has 0 saturated heterocycles. The highest BCUT2D eigenvalue weighted by atomic mass is 15.2. The number of benzene rings is 2. The van der Waals surface area contributed by atoms with Crippen LogP contribution in [0.5, 0.6) is 0 Å². The predicted octanol–water partition coefficient (Wildman–Crippen LogP) is 5.30. The number of rotatable bonds is 14. The average molecular weight is 527 g/mol. The smallest absolute Gasteiger partial charge is 0.135 e. The monoisotopic (exact) mass is 526 g/mol. The highest BCUT2D eigenvalue weighted by molar-refractivity contribution is 6.02. The summed E-state index contributed by atoms with van der Waals surface area (Å²) in [6, 6.07) is 12.5. The number of fused-ring (bicyclic) bond motifs is 1. The fourth-order valence-corrected chi connectivity index (χ4v) is 4.34. The lowest BCUT2D eigenvalue weighted by atomic mass is 10.1. The summed E-state index contributed by atoms with van der Waals surface area (Å²) >= 11 is 0. The van der Waals surface area contributed by atoms with Crippen molar-refractivity contribution in [1.82, 2.24) is 9.47 Å². The van der Waals surface area contributed by atoms with Crippen molar-refractivity contribution in [3.8, 4) is 0 Å². The molecule has 3 rings (SSSR count). The van der Waals surface area contributed by atoms with Crippen LogP contribution in [0, 0.1) is 0 Å². The molecule has 4 N–H and O–H groups in total. The van der Waals surface area contributed by atoms with Gasteiger partial charge in [0.15, 0.2) is 0 Å². The van der Waals surface area contributed by atoms with Gasteiger partial charge in [0.1, 0.15) is 12.5 Å². The Kier molecular flexibility index (Phi) is 10.7. The number of likely N-dealkylation sites (N-methyl/N-ethyl adjacent to an activating group) is 2. The minimum absolute atomic E-state index is 0.367. The van der Waals surface area contributed by atoms with Crippen molar-refractivity contribution in [2.24, 2.45) is 15.7 Å². The molecule has 3 aromatic rings. The molecule has 2 aromatic carbocycles. The van der Waals surface area contributed by atoms with E-state index in [-0.39, 0.29) is 0 Å². The van der Waals surface area contributed by atoms with Gasteiger partial charge in [0.05, 0.1) is 16.9 Å². The van der Waals surface area contributed by atoms with E-state index in [1.54, 1.807) is 12.3 Å². The molecule has 0 bridgehead atoms. The minimum Gasteiger partial charge on any atom is -0.372 e. The number of aromatic nitrogens is 1. The van der Waals surface area contributed by atoms with Gasteiger partial charge in [-0.1, -0.05) is 38.3 Å². The normalized spacial score (nSPS) is 11.8. The Balaban J connectivity index is 1.96. The molecule has 0 radical (unpaired) electrons. The third-order valence-electron chi connectivity index (χ3n) is 6.54. The van der Waals surface area contributed by atoms with Gasteiger partial charge in [0.25, 0.3) is 0 Å². The largest absolute Gasteiger partial charge is 0.372 e. The molecule has 0 aliphatic heterocycles. The lowest BCUT2D eigenvalue weighted by Gasteiger charge is -2.26. The molecule has 0 aliphatic carbocycles. The molecule has 1 aromatic heterocycles. The van der Waals surface area contributed by atoms with Crippen LogP contribution in [0.3, 0.4) is 0 Å². The fourth-order valence-electron chi connectivity index (χ4n) is 4.34. The molecule has 0 spiro atoms. The number of aliphatic imine (C=N–C) groups is 2. The van der Waals surface area contributed by atoms with Gasteiger partial charge in [-0.3, -0.25) is 4.99 Å². The molecule has 8 heteroatoms. The molecule has 206 valence electrons. The summed E-state index contributed by atoms with van der Waals surface area (Å²) in [4.78, 5) is 13.2. The van der Waals surface area contributed by atoms with Crippen LogP contribution in [0.25, 0.3) is 10.9 Å². The van der Waals surface area contributed by atoms with E-state index in [0.29, 0.717) is 13.2 Å². The van der Waals surface area contributed by atoms with E-state index in [1.165, 1.54) is 5.56 Å². The molecule has 0 atom stereocenters. The van der Waals surface area contributed by atoms with Gasteiger partial charge in [0, 0.05) is 55.8 Å². The number of nitrogens with two attached hydrogens (primary N) is 1. The van der Waals surface area contributed by atoms with Crippen molar-refractivity contribution < 1.29 is 0 Å². The highest BCUT2D eigenvalue weighted by Crippen LogP contribution is 2.33. The maximum Gasteiger partial charge on any atom is 0.135 e. The van der Waals surface area contributed by atoms with Crippen LogP contribution in [0.15, 0.2) is 89.8 Å². The molecule has 0 amide bonds. The van der Waals surface area contributed by atoms with E-state index in [0.717, 1.165) is 64.6 Å². The number of nitrogens with one attached hydrogen (secondary N) is 2. The Morgan fingerprint density at radius 1 is 1.10 bits per heavy atom. The number of hydrogen-bond donors (Lipinski definition) is 3. The Morgan fingerprint density at radius 2 is 1.87 bits per heavy atom. The van der Waals surface area contributed by atoms with Crippen LogP contribution in [-0.4, -0.2) is 62.9 Å². The van der Waals surface area contributed by atoms with Crippen LogP contribution in [-0.2, 0) is 13.0 Å². The van der Waals surface area contributed by atoms with E-state index in [1.807, 2.05) is 29.0 Å². The van der Waals surface area contributed by atoms with Gasteiger partial charge in [0.2, 0.25) is 0 Å². The summed E-state index contributed by atoms with van der Waals surface area (Å²) in [6.07, 6.45) is 8.13. The summed E-state index contributed by atoms with van der Waals surface area (Å²) < 4.78 is 2.05. The van der Waals surface area contributed by atoms with Gasteiger partial charge < -0.3 is 30.7 Å². The van der Waals surface area contributed by atoms with Crippen LogP contribution in [0.4, 0.5) is 17.1 Å². The number of para-hydroxylation sites is 1. The van der Waals surface area contributed by atoms with Crippen molar-refractivity contribution in [3.63, 3.8) is 0 Å². The lowest BCUT2D eigenvalue weighted by molar-refractivity contribution is 0.416. The summed E-state index contributed by atoms with van der Waals surface area (Å²) in [5, 5.41) is 8.05. The Bertz CT molecular complexity index is 1360. The summed E-state index contributed by atoms with van der Waals surface area (Å²) in [7, 11) is 6.28. The van der Waals surface area contributed by atoms with Gasteiger partial charge in [-0.25, -0.2) is 4.99 Å². The first-order valence-corrected chi connectivity index (χ1v) is 13.1. The second kappa shape index (κ2) is 14.1. The van der Waals surface area contributed by atoms with Gasteiger partial charge >= 0.3 is 0 Å². The second-order valence-corrected chi connectivity index (χ2v) is 9.55. The predicted molar refractivity (Wildman–Crippen MR) is 170 cm³/mol. The van der Waals surface area contributed by atoms with E-state index >= 15 is 0 Å². The highest BCUT2D eigenvalue weighted by Gasteiger charge is 2.14. The minimum atomic E-state index is 0.367. The van der Waals surface area contributed by atoms with E-state index in [4.69, 9.17) is 10.7 Å². The van der Waals surface area contributed by atoms with Crippen LogP contribution < -0.4 is 21.3 Å². The number of allylic oxidation sites excluding steroid dienone is 2. The van der Waals surface area contributed by atoms with E-state index in [9.17, 15) is 0 Å². The second-order valence-electron chi connectivity index (χ2n) is 9.55. The Morgan fingerprint density at radius 3 is 2.54 bits per heavy atom.